The number of halogens is 2. The van der Waals surface area contributed by atoms with E-state index < -0.39 is 12.4 Å². The Bertz CT molecular complexity index is 277. The van der Waals surface area contributed by atoms with Gasteiger partial charge in [0, 0.05) is 0 Å². The molecule has 0 aliphatic carbocycles. The molecule has 1 aromatic carbocycles. The summed E-state index contributed by atoms with van der Waals surface area (Å²) in [6, 6.07) is 10.7. The molecule has 0 aliphatic rings. The summed E-state index contributed by atoms with van der Waals surface area (Å²) in [5.41, 5.74) is 0. The Morgan fingerprint density at radius 1 is 0.923 bits per heavy atom. The van der Waals surface area contributed by atoms with Crippen molar-refractivity contribution in [1.82, 2.24) is 0 Å². The summed E-state index contributed by atoms with van der Waals surface area (Å²) in [4.78, 5) is -1.52. The first kappa shape index (κ1) is 11.7. The molecular formula is C9H14Br2Si2. The highest BCUT2D eigenvalue weighted by atomic mass is 79.9. The Labute approximate surface area is 97.7 Å². The van der Waals surface area contributed by atoms with E-state index in [9.17, 15) is 0 Å². The summed E-state index contributed by atoms with van der Waals surface area (Å²) < 4.78 is 0. The molecule has 1 aromatic rings. The predicted molar refractivity (Wildman–Crippen MR) is 73.0 cm³/mol. The van der Waals surface area contributed by atoms with Gasteiger partial charge in [-0.05, 0) is 5.19 Å². The third-order valence-corrected chi connectivity index (χ3v) is 35.7. The largest absolute Gasteiger partial charge is 0.218 e. The molecule has 0 fully saturated rings. The lowest BCUT2D eigenvalue weighted by molar-refractivity contribution is 1.76. The zero-order valence-electron chi connectivity index (χ0n) is 8.14. The van der Waals surface area contributed by atoms with Gasteiger partial charge in [-0.2, -0.15) is 0 Å². The van der Waals surface area contributed by atoms with Gasteiger partial charge in [-0.25, -0.2) is 0 Å². The van der Waals surface area contributed by atoms with Crippen LogP contribution in [0.4, 0.5) is 0 Å². The first-order chi connectivity index (χ1) is 5.86. The smallest absolute Gasteiger partial charge is 0.109 e. The van der Waals surface area contributed by atoms with Crippen LogP contribution in [0.1, 0.15) is 0 Å². The third-order valence-electron chi connectivity index (χ3n) is 2.08. The van der Waals surface area contributed by atoms with Gasteiger partial charge in [-0.15, -0.1) is 30.6 Å². The molecular weight excluding hydrogens is 324 g/mol. The van der Waals surface area contributed by atoms with E-state index in [1.165, 1.54) is 5.19 Å². The molecule has 0 amide bonds. The van der Waals surface area contributed by atoms with Gasteiger partial charge in [0.15, 0.2) is 0 Å². The van der Waals surface area contributed by atoms with Crippen molar-refractivity contribution in [3.8, 4) is 0 Å². The first-order valence-electron chi connectivity index (χ1n) is 4.29. The SMILES string of the molecule is C[Si](C)(C)[Si](Br)(Br)c1ccccc1. The lowest BCUT2D eigenvalue weighted by Gasteiger charge is -2.31. The Hall–Kier alpha value is 0.614. The van der Waals surface area contributed by atoms with E-state index in [2.05, 4.69) is 80.6 Å². The minimum atomic E-state index is -1.52. The second-order valence-corrected chi connectivity index (χ2v) is 31.9. The van der Waals surface area contributed by atoms with Crippen molar-refractivity contribution in [1.29, 1.82) is 0 Å². The van der Waals surface area contributed by atoms with Crippen molar-refractivity contribution < 1.29 is 0 Å². The summed E-state index contributed by atoms with van der Waals surface area (Å²) >= 11 is 7.86. The molecule has 0 radical (unpaired) electrons. The molecule has 13 heavy (non-hydrogen) atoms. The highest BCUT2D eigenvalue weighted by Crippen LogP contribution is 2.30. The van der Waals surface area contributed by atoms with Crippen LogP contribution in [0.25, 0.3) is 0 Å². The third kappa shape index (κ3) is 2.55. The average molecular weight is 338 g/mol. The molecule has 0 saturated heterocycles. The fourth-order valence-electron chi connectivity index (χ4n) is 1.08. The number of rotatable bonds is 2. The van der Waals surface area contributed by atoms with E-state index in [1.807, 2.05) is 0 Å². The molecule has 1 rings (SSSR count). The molecule has 0 atom stereocenters. The van der Waals surface area contributed by atoms with Crippen LogP contribution < -0.4 is 5.19 Å². The number of hydrogen-bond donors (Lipinski definition) is 0. The summed E-state index contributed by atoms with van der Waals surface area (Å²) in [5.74, 6) is 0. The van der Waals surface area contributed by atoms with Crippen LogP contribution in [-0.4, -0.2) is 12.4 Å². The van der Waals surface area contributed by atoms with Crippen molar-refractivity contribution >= 4 is 48.2 Å². The van der Waals surface area contributed by atoms with Crippen LogP contribution in [-0.2, 0) is 0 Å². The maximum atomic E-state index is 3.93. The van der Waals surface area contributed by atoms with Gasteiger partial charge in [0.25, 0.3) is 0 Å². The second-order valence-electron chi connectivity index (χ2n) is 4.19. The van der Waals surface area contributed by atoms with Crippen molar-refractivity contribution in [3.05, 3.63) is 30.3 Å². The Morgan fingerprint density at radius 2 is 1.38 bits per heavy atom. The minimum absolute atomic E-state index is 1.15. The molecule has 0 unspecified atom stereocenters. The Kier molecular flexibility index (Phi) is 3.60. The monoisotopic (exact) mass is 336 g/mol. The van der Waals surface area contributed by atoms with Gasteiger partial charge in [-0.1, -0.05) is 50.0 Å². The first-order valence-corrected chi connectivity index (χ1v) is 15.3. The molecule has 0 nitrogen and oxygen atoms in total. The zero-order chi connectivity index (χ0) is 10.1. The fourth-order valence-corrected chi connectivity index (χ4v) is 7.24. The highest BCUT2D eigenvalue weighted by molar-refractivity contribution is 9.54. The van der Waals surface area contributed by atoms with Crippen molar-refractivity contribution in [2.45, 2.75) is 19.6 Å². The minimum Gasteiger partial charge on any atom is -0.109 e. The van der Waals surface area contributed by atoms with E-state index >= 15 is 0 Å². The molecule has 72 valence electrons. The van der Waals surface area contributed by atoms with E-state index in [4.69, 9.17) is 0 Å². The number of hydrogen-bond acceptors (Lipinski definition) is 0. The average Bonchev–Trinajstić information content (AvgIpc) is 2.04. The molecule has 0 bridgehead atoms. The van der Waals surface area contributed by atoms with Crippen LogP contribution in [0, 0.1) is 0 Å². The van der Waals surface area contributed by atoms with Gasteiger partial charge in [-0.3, -0.25) is 0 Å². The lowest BCUT2D eigenvalue weighted by Crippen LogP contribution is -2.56. The standard InChI is InChI=1S/C9H14Br2Si2/c1-12(2,3)13(10,11)9-7-5-4-6-8-9/h4-8H,1-3H3. The predicted octanol–water partition coefficient (Wildman–Crippen LogP) is 3.54. The van der Waals surface area contributed by atoms with Gasteiger partial charge < -0.3 is 0 Å². The van der Waals surface area contributed by atoms with E-state index in [0.29, 0.717) is 0 Å². The number of benzene rings is 1. The van der Waals surface area contributed by atoms with Gasteiger partial charge in [0.2, 0.25) is 4.83 Å². The molecule has 0 saturated carbocycles. The topological polar surface area (TPSA) is 0 Å². The molecule has 4 heteroatoms. The van der Waals surface area contributed by atoms with Gasteiger partial charge >= 0.3 is 0 Å². The highest BCUT2D eigenvalue weighted by Gasteiger charge is 2.43. The summed E-state index contributed by atoms with van der Waals surface area (Å²) in [5, 5.41) is 1.45. The maximum Gasteiger partial charge on any atom is 0.218 e. The normalized spacial score (nSPS) is 13.0. The van der Waals surface area contributed by atoms with E-state index in [0.717, 1.165) is 0 Å². The Balaban J connectivity index is 3.08. The van der Waals surface area contributed by atoms with Crippen molar-refractivity contribution in [2.24, 2.45) is 0 Å². The quantitative estimate of drug-likeness (QED) is 0.572. The van der Waals surface area contributed by atoms with Crippen molar-refractivity contribution in [2.75, 3.05) is 0 Å². The zero-order valence-corrected chi connectivity index (χ0v) is 13.3. The molecule has 0 spiro atoms. The van der Waals surface area contributed by atoms with Gasteiger partial charge in [0.1, 0.15) is 0 Å². The maximum absolute atomic E-state index is 3.93. The van der Waals surface area contributed by atoms with Crippen LogP contribution in [0.3, 0.4) is 0 Å². The Morgan fingerprint density at radius 3 is 1.77 bits per heavy atom. The molecule has 0 aliphatic heterocycles. The van der Waals surface area contributed by atoms with Crippen LogP contribution >= 0.6 is 30.6 Å². The molecule has 0 N–H and O–H groups in total. The van der Waals surface area contributed by atoms with Crippen LogP contribution in [0.5, 0.6) is 0 Å². The van der Waals surface area contributed by atoms with Gasteiger partial charge in [0.05, 0.1) is 7.59 Å². The van der Waals surface area contributed by atoms with Crippen LogP contribution in [0.2, 0.25) is 19.6 Å². The van der Waals surface area contributed by atoms with E-state index in [1.54, 1.807) is 0 Å². The lowest BCUT2D eigenvalue weighted by atomic mass is 10.4. The summed E-state index contributed by atoms with van der Waals surface area (Å²) in [7, 11) is -1.15. The van der Waals surface area contributed by atoms with Crippen molar-refractivity contribution in [3.63, 3.8) is 0 Å². The molecule has 0 aromatic heterocycles. The summed E-state index contributed by atoms with van der Waals surface area (Å²) in [6.45, 7) is 7.20. The summed E-state index contributed by atoms with van der Waals surface area (Å²) in [6.07, 6.45) is 0. The van der Waals surface area contributed by atoms with E-state index in [-0.39, 0.29) is 0 Å². The van der Waals surface area contributed by atoms with Crippen LogP contribution in [0.15, 0.2) is 30.3 Å². The fraction of sp³-hybridized carbons (Fsp3) is 0.333. The molecule has 0 heterocycles. The second kappa shape index (κ2) is 4.00.